The summed E-state index contributed by atoms with van der Waals surface area (Å²) in [5, 5.41) is 23.8. The first kappa shape index (κ1) is 25.0. The molecule has 0 spiro atoms. The molecular weight excluding hydrogens is 388 g/mol. The number of hydrogen-bond acceptors (Lipinski definition) is 8. The number of hydrogen-bond donors (Lipinski definition) is 2. The van der Waals surface area contributed by atoms with Crippen molar-refractivity contribution in [1.29, 1.82) is 0 Å². The minimum atomic E-state index is -0.551. The Bertz CT molecular complexity index is 602. The highest BCUT2D eigenvalue weighted by Crippen LogP contribution is 2.44. The zero-order chi connectivity index (χ0) is 23.1. The second-order valence-corrected chi connectivity index (χ2v) is 10.8. The minimum absolute atomic E-state index is 0.0886. The largest absolute Gasteiger partial charge is 0.392 e. The summed E-state index contributed by atoms with van der Waals surface area (Å²) in [6.45, 7) is 16.4. The number of aliphatic hydroxyl groups is 2. The number of rotatable bonds is 5. The van der Waals surface area contributed by atoms with E-state index in [4.69, 9.17) is 9.68 Å². The van der Waals surface area contributed by atoms with E-state index < -0.39 is 46.1 Å². The predicted molar refractivity (Wildman–Crippen MR) is 112 cm³/mol. The maximum Gasteiger partial charge on any atom is 0.325 e. The Labute approximate surface area is 180 Å². The van der Waals surface area contributed by atoms with Gasteiger partial charge in [-0.1, -0.05) is 27.7 Å². The van der Waals surface area contributed by atoms with Crippen LogP contribution in [0.5, 0.6) is 0 Å². The Balaban J connectivity index is 1.89. The third-order valence-electron chi connectivity index (χ3n) is 8.24. The lowest BCUT2D eigenvalue weighted by Crippen LogP contribution is -2.63. The Morgan fingerprint density at radius 2 is 1.03 bits per heavy atom. The molecule has 8 nitrogen and oxygen atoms in total. The highest BCUT2D eigenvalue weighted by molar-refractivity contribution is 5.77. The SMILES string of the molecule is CC1(C)C(O)CCN(OC(=O)CCC(=O)ON2CCC(O)C(C)(C)C2(C)C)C1(C)C. The van der Waals surface area contributed by atoms with Crippen LogP contribution in [0, 0.1) is 10.8 Å². The summed E-state index contributed by atoms with van der Waals surface area (Å²) in [7, 11) is 0. The number of carbonyl (C=O) groups excluding carboxylic acids is 2. The van der Waals surface area contributed by atoms with Crippen molar-refractivity contribution in [2.45, 2.75) is 104 Å². The smallest absolute Gasteiger partial charge is 0.325 e. The number of piperidine rings is 2. The first-order valence-corrected chi connectivity index (χ1v) is 10.9. The van der Waals surface area contributed by atoms with Gasteiger partial charge in [0.05, 0.1) is 36.1 Å². The summed E-state index contributed by atoms with van der Waals surface area (Å²) in [5.74, 6) is -0.998. The van der Waals surface area contributed by atoms with Crippen molar-refractivity contribution in [3.63, 3.8) is 0 Å². The molecule has 2 rings (SSSR count). The molecule has 2 fully saturated rings. The van der Waals surface area contributed by atoms with Crippen LogP contribution in [0.1, 0.15) is 81.1 Å². The molecule has 8 heteroatoms. The molecule has 2 saturated heterocycles. The van der Waals surface area contributed by atoms with Crippen LogP contribution in [0.25, 0.3) is 0 Å². The molecular formula is C22H40N2O6. The van der Waals surface area contributed by atoms with E-state index in [1.165, 1.54) is 0 Å². The number of carbonyl (C=O) groups is 2. The zero-order valence-corrected chi connectivity index (χ0v) is 19.8. The molecule has 0 aromatic carbocycles. The molecule has 2 atom stereocenters. The fourth-order valence-electron chi connectivity index (χ4n) is 4.08. The minimum Gasteiger partial charge on any atom is -0.392 e. The van der Waals surface area contributed by atoms with E-state index in [2.05, 4.69) is 0 Å². The summed E-state index contributed by atoms with van der Waals surface area (Å²) < 4.78 is 0. The summed E-state index contributed by atoms with van der Waals surface area (Å²) in [5.41, 5.74) is -2.01. The van der Waals surface area contributed by atoms with Crippen LogP contribution in [-0.2, 0) is 19.3 Å². The van der Waals surface area contributed by atoms with E-state index >= 15 is 0 Å². The van der Waals surface area contributed by atoms with Crippen LogP contribution in [-0.4, -0.2) is 68.7 Å². The number of nitrogens with zero attached hydrogens (tertiary/aromatic N) is 2. The third-order valence-corrected chi connectivity index (χ3v) is 8.24. The van der Waals surface area contributed by atoms with Crippen molar-refractivity contribution in [1.82, 2.24) is 10.1 Å². The number of aliphatic hydroxyl groups excluding tert-OH is 2. The van der Waals surface area contributed by atoms with Crippen molar-refractivity contribution in [3.8, 4) is 0 Å². The topological polar surface area (TPSA) is 99.5 Å². The summed E-state index contributed by atoms with van der Waals surface area (Å²) in [4.78, 5) is 35.9. The summed E-state index contributed by atoms with van der Waals surface area (Å²) in [6.07, 6.45) is -0.112. The van der Waals surface area contributed by atoms with Crippen molar-refractivity contribution >= 4 is 11.9 Å². The van der Waals surface area contributed by atoms with Gasteiger partial charge in [-0.2, -0.15) is 0 Å². The second-order valence-electron chi connectivity index (χ2n) is 10.8. The summed E-state index contributed by atoms with van der Waals surface area (Å²) >= 11 is 0. The first-order chi connectivity index (χ1) is 13.5. The van der Waals surface area contributed by atoms with E-state index in [1.54, 1.807) is 10.1 Å². The van der Waals surface area contributed by atoms with Crippen LogP contribution in [0.3, 0.4) is 0 Å². The molecule has 2 heterocycles. The molecule has 174 valence electrons. The Hall–Kier alpha value is -1.22. The van der Waals surface area contributed by atoms with Crippen LogP contribution in [0.4, 0.5) is 0 Å². The lowest BCUT2D eigenvalue weighted by Gasteiger charge is -2.53. The number of hydroxylamine groups is 4. The fraction of sp³-hybridized carbons (Fsp3) is 0.909. The van der Waals surface area contributed by atoms with Gasteiger partial charge in [-0.05, 0) is 40.5 Å². The van der Waals surface area contributed by atoms with Crippen LogP contribution in [0.2, 0.25) is 0 Å². The van der Waals surface area contributed by atoms with Gasteiger partial charge in [0, 0.05) is 23.9 Å². The van der Waals surface area contributed by atoms with Gasteiger partial charge < -0.3 is 19.9 Å². The van der Waals surface area contributed by atoms with Gasteiger partial charge in [0.2, 0.25) is 0 Å². The van der Waals surface area contributed by atoms with Gasteiger partial charge in [-0.3, -0.25) is 9.59 Å². The van der Waals surface area contributed by atoms with E-state index in [-0.39, 0.29) is 12.8 Å². The van der Waals surface area contributed by atoms with E-state index in [1.807, 2.05) is 55.4 Å². The maximum atomic E-state index is 12.4. The lowest BCUT2D eigenvalue weighted by molar-refractivity contribution is -0.268. The molecule has 30 heavy (non-hydrogen) atoms. The van der Waals surface area contributed by atoms with Gasteiger partial charge in [0.25, 0.3) is 0 Å². The quantitative estimate of drug-likeness (QED) is 0.689. The predicted octanol–water partition coefficient (Wildman–Crippen LogP) is 2.43. The highest BCUT2D eigenvalue weighted by atomic mass is 16.7. The third kappa shape index (κ3) is 4.38. The van der Waals surface area contributed by atoms with E-state index in [9.17, 15) is 19.8 Å². The Kier molecular flexibility index (Phi) is 6.99. The average molecular weight is 429 g/mol. The molecule has 2 aliphatic rings. The van der Waals surface area contributed by atoms with Crippen LogP contribution < -0.4 is 0 Å². The summed E-state index contributed by atoms with van der Waals surface area (Å²) in [6, 6.07) is 0. The standard InChI is InChI=1S/C22H40N2O6/c1-19(2)15(25)11-13-23(21(19,5)6)29-17(27)9-10-18(28)30-24-14-12-16(26)20(3,4)22(24,7)8/h15-16,25-26H,9-14H2,1-8H3. The maximum absolute atomic E-state index is 12.4. The van der Waals surface area contributed by atoms with Gasteiger partial charge in [0.15, 0.2) is 0 Å². The lowest BCUT2D eigenvalue weighted by atomic mass is 9.67. The normalized spacial score (nSPS) is 30.5. The Morgan fingerprint density at radius 3 is 1.33 bits per heavy atom. The first-order valence-electron chi connectivity index (χ1n) is 10.9. The molecule has 0 aromatic heterocycles. The molecule has 2 N–H and O–H groups in total. The van der Waals surface area contributed by atoms with Gasteiger partial charge >= 0.3 is 11.9 Å². The Morgan fingerprint density at radius 1 is 0.733 bits per heavy atom. The molecule has 0 radical (unpaired) electrons. The van der Waals surface area contributed by atoms with Crippen molar-refractivity contribution in [2.75, 3.05) is 13.1 Å². The fourth-order valence-corrected chi connectivity index (χ4v) is 4.08. The molecule has 2 aliphatic heterocycles. The van der Waals surface area contributed by atoms with Crippen molar-refractivity contribution < 1.29 is 29.5 Å². The molecule has 0 amide bonds. The van der Waals surface area contributed by atoms with Crippen molar-refractivity contribution in [3.05, 3.63) is 0 Å². The molecule has 0 bridgehead atoms. The monoisotopic (exact) mass is 428 g/mol. The average Bonchev–Trinajstić information content (AvgIpc) is 2.63. The highest BCUT2D eigenvalue weighted by Gasteiger charge is 2.52. The molecule has 2 unspecified atom stereocenters. The van der Waals surface area contributed by atoms with Gasteiger partial charge in [-0.25, -0.2) is 0 Å². The van der Waals surface area contributed by atoms with Crippen LogP contribution >= 0.6 is 0 Å². The van der Waals surface area contributed by atoms with Crippen LogP contribution in [0.15, 0.2) is 0 Å². The van der Waals surface area contributed by atoms with E-state index in [0.717, 1.165) is 0 Å². The van der Waals surface area contributed by atoms with Crippen molar-refractivity contribution in [2.24, 2.45) is 10.8 Å². The van der Waals surface area contributed by atoms with Gasteiger partial charge in [0.1, 0.15) is 0 Å². The zero-order valence-electron chi connectivity index (χ0n) is 19.8. The second kappa shape index (κ2) is 8.37. The van der Waals surface area contributed by atoms with E-state index in [0.29, 0.717) is 25.9 Å². The molecule has 0 aliphatic carbocycles. The molecule has 0 saturated carbocycles. The molecule has 0 aromatic rings. The van der Waals surface area contributed by atoms with Gasteiger partial charge in [-0.15, -0.1) is 10.1 Å².